The smallest absolute Gasteiger partial charge is 0.255 e. The number of aromatic nitrogens is 2. The lowest BCUT2D eigenvalue weighted by atomic mass is 9.87. The molecule has 0 aliphatic carbocycles. The van der Waals surface area contributed by atoms with E-state index in [0.29, 0.717) is 5.56 Å². The second-order valence-electron chi connectivity index (χ2n) is 8.18. The van der Waals surface area contributed by atoms with E-state index in [1.165, 1.54) is 5.56 Å². The molecule has 0 bridgehead atoms. The largest absolute Gasteiger partial charge is 0.328 e. The summed E-state index contributed by atoms with van der Waals surface area (Å²) in [6.07, 6.45) is 4.12. The summed E-state index contributed by atoms with van der Waals surface area (Å²) < 4.78 is 2.27. The zero-order valence-electron chi connectivity index (χ0n) is 16.1. The summed E-state index contributed by atoms with van der Waals surface area (Å²) in [6, 6.07) is 15.8. The number of rotatable bonds is 3. The fraction of sp³-hybridized carbons (Fsp3) is 0.304. The highest BCUT2D eigenvalue weighted by atomic mass is 16.1. The Bertz CT molecular complexity index is 978. The summed E-state index contributed by atoms with van der Waals surface area (Å²) in [6.45, 7) is 7.52. The molecule has 1 amide bonds. The van der Waals surface area contributed by atoms with Crippen LogP contribution in [-0.2, 0) is 18.4 Å². The normalized spacial score (nSPS) is 13.4. The standard InChI is InChI=1S/C23H25N3O/c1-23(2,3)18-11-9-16(10-12-18)22(27)25-19-7-4-6-17(14-19)20-15-24-21-8-5-13-26(20)21/h4,6-7,9-12,14-15H,5,8,13H2,1-3H3,(H,25,27). The number of hydrogen-bond acceptors (Lipinski definition) is 2. The molecule has 1 N–H and O–H groups in total. The third-order valence-corrected chi connectivity index (χ3v) is 5.15. The summed E-state index contributed by atoms with van der Waals surface area (Å²) >= 11 is 0. The maximum atomic E-state index is 12.6. The van der Waals surface area contributed by atoms with Crippen LogP contribution in [0.2, 0.25) is 0 Å². The van der Waals surface area contributed by atoms with Gasteiger partial charge in [0.2, 0.25) is 0 Å². The second-order valence-corrected chi connectivity index (χ2v) is 8.18. The number of aryl methyl sites for hydroxylation is 1. The molecule has 4 nitrogen and oxygen atoms in total. The van der Waals surface area contributed by atoms with Crippen LogP contribution >= 0.6 is 0 Å². The fourth-order valence-electron chi connectivity index (χ4n) is 3.57. The van der Waals surface area contributed by atoms with Crippen molar-refractivity contribution in [1.82, 2.24) is 9.55 Å². The number of carbonyl (C=O) groups excluding carboxylic acids is 1. The van der Waals surface area contributed by atoms with E-state index in [-0.39, 0.29) is 11.3 Å². The highest BCUT2D eigenvalue weighted by molar-refractivity contribution is 6.04. The van der Waals surface area contributed by atoms with E-state index >= 15 is 0 Å². The first-order chi connectivity index (χ1) is 12.9. The molecular weight excluding hydrogens is 334 g/mol. The number of imidazole rings is 1. The molecule has 1 aromatic heterocycles. The van der Waals surface area contributed by atoms with Crippen molar-refractivity contribution < 1.29 is 4.79 Å². The second kappa shape index (κ2) is 6.69. The number of nitrogens with zero attached hydrogens (tertiary/aromatic N) is 2. The average Bonchev–Trinajstić information content (AvgIpc) is 3.25. The topological polar surface area (TPSA) is 46.9 Å². The van der Waals surface area contributed by atoms with Crippen molar-refractivity contribution in [3.8, 4) is 11.3 Å². The van der Waals surface area contributed by atoms with Crippen LogP contribution < -0.4 is 5.32 Å². The predicted molar refractivity (Wildman–Crippen MR) is 109 cm³/mol. The average molecular weight is 359 g/mol. The van der Waals surface area contributed by atoms with E-state index in [0.717, 1.165) is 42.2 Å². The zero-order valence-corrected chi connectivity index (χ0v) is 16.1. The highest BCUT2D eigenvalue weighted by Crippen LogP contribution is 2.28. The quantitative estimate of drug-likeness (QED) is 0.711. The van der Waals surface area contributed by atoms with Gasteiger partial charge in [-0.25, -0.2) is 4.98 Å². The molecule has 0 fully saturated rings. The molecule has 0 spiro atoms. The fourth-order valence-corrected chi connectivity index (χ4v) is 3.57. The minimum atomic E-state index is -0.0916. The Morgan fingerprint density at radius 2 is 1.89 bits per heavy atom. The lowest BCUT2D eigenvalue weighted by molar-refractivity contribution is 0.102. The van der Waals surface area contributed by atoms with E-state index in [1.54, 1.807) is 0 Å². The van der Waals surface area contributed by atoms with E-state index in [2.05, 4.69) is 41.7 Å². The number of amides is 1. The maximum absolute atomic E-state index is 12.6. The van der Waals surface area contributed by atoms with E-state index < -0.39 is 0 Å². The Morgan fingerprint density at radius 1 is 1.11 bits per heavy atom. The molecule has 3 aromatic rings. The predicted octanol–water partition coefficient (Wildman–Crippen LogP) is 5.05. The van der Waals surface area contributed by atoms with Gasteiger partial charge < -0.3 is 9.88 Å². The van der Waals surface area contributed by atoms with Crippen LogP contribution in [0.3, 0.4) is 0 Å². The Balaban J connectivity index is 1.54. The van der Waals surface area contributed by atoms with E-state index in [1.807, 2.05) is 48.7 Å². The SMILES string of the molecule is CC(C)(C)c1ccc(C(=O)Nc2cccc(-c3cnc4n3CCC4)c2)cc1. The van der Waals surface area contributed by atoms with Gasteiger partial charge in [0.1, 0.15) is 5.82 Å². The van der Waals surface area contributed by atoms with Crippen LogP contribution in [0.5, 0.6) is 0 Å². The molecule has 0 saturated carbocycles. The first-order valence-electron chi connectivity index (χ1n) is 9.48. The van der Waals surface area contributed by atoms with Gasteiger partial charge in [0.15, 0.2) is 0 Å². The van der Waals surface area contributed by atoms with Gasteiger partial charge in [-0.15, -0.1) is 0 Å². The maximum Gasteiger partial charge on any atom is 0.255 e. The summed E-state index contributed by atoms with van der Waals surface area (Å²) in [5, 5.41) is 3.02. The first-order valence-corrected chi connectivity index (χ1v) is 9.48. The van der Waals surface area contributed by atoms with Crippen LogP contribution in [-0.4, -0.2) is 15.5 Å². The van der Waals surface area contributed by atoms with Crippen molar-refractivity contribution in [2.75, 3.05) is 5.32 Å². The minimum absolute atomic E-state index is 0.0782. The van der Waals surface area contributed by atoms with Crippen molar-refractivity contribution in [2.45, 2.75) is 45.6 Å². The Hall–Kier alpha value is -2.88. The lowest BCUT2D eigenvalue weighted by Crippen LogP contribution is -2.14. The molecule has 2 aromatic carbocycles. The van der Waals surface area contributed by atoms with Crippen LogP contribution in [0.1, 0.15) is 48.9 Å². The van der Waals surface area contributed by atoms with Gasteiger partial charge in [0, 0.05) is 29.8 Å². The van der Waals surface area contributed by atoms with Gasteiger partial charge in [0.05, 0.1) is 11.9 Å². The number of hydrogen-bond donors (Lipinski definition) is 1. The third-order valence-electron chi connectivity index (χ3n) is 5.15. The Labute approximate surface area is 160 Å². The molecule has 4 rings (SSSR count). The summed E-state index contributed by atoms with van der Waals surface area (Å²) in [7, 11) is 0. The third kappa shape index (κ3) is 3.52. The molecular formula is C23H25N3O. The van der Waals surface area contributed by atoms with Gasteiger partial charge in [0.25, 0.3) is 5.91 Å². The monoisotopic (exact) mass is 359 g/mol. The number of anilines is 1. The van der Waals surface area contributed by atoms with Crippen molar-refractivity contribution in [3.63, 3.8) is 0 Å². The van der Waals surface area contributed by atoms with Crippen molar-refractivity contribution in [1.29, 1.82) is 0 Å². The van der Waals surface area contributed by atoms with E-state index in [9.17, 15) is 4.79 Å². The summed E-state index contributed by atoms with van der Waals surface area (Å²) in [5.74, 6) is 1.06. The zero-order chi connectivity index (χ0) is 19.0. The van der Waals surface area contributed by atoms with Crippen LogP contribution in [0, 0.1) is 0 Å². The summed E-state index contributed by atoms with van der Waals surface area (Å²) in [4.78, 5) is 17.1. The summed E-state index contributed by atoms with van der Waals surface area (Å²) in [5.41, 5.74) is 4.96. The number of carbonyl (C=O) groups is 1. The molecule has 27 heavy (non-hydrogen) atoms. The van der Waals surface area contributed by atoms with Gasteiger partial charge in [-0.2, -0.15) is 0 Å². The molecule has 0 saturated heterocycles. The van der Waals surface area contributed by atoms with Crippen LogP contribution in [0.4, 0.5) is 5.69 Å². The highest BCUT2D eigenvalue weighted by Gasteiger charge is 2.17. The molecule has 0 radical (unpaired) electrons. The Morgan fingerprint density at radius 3 is 2.63 bits per heavy atom. The molecule has 138 valence electrons. The molecule has 1 aliphatic rings. The molecule has 4 heteroatoms. The van der Waals surface area contributed by atoms with Crippen LogP contribution in [0.15, 0.2) is 54.7 Å². The molecule has 2 heterocycles. The van der Waals surface area contributed by atoms with Crippen molar-refractivity contribution in [2.24, 2.45) is 0 Å². The van der Waals surface area contributed by atoms with Crippen molar-refractivity contribution in [3.05, 3.63) is 71.7 Å². The lowest BCUT2D eigenvalue weighted by Gasteiger charge is -2.19. The van der Waals surface area contributed by atoms with Crippen molar-refractivity contribution >= 4 is 11.6 Å². The molecule has 1 aliphatic heterocycles. The van der Waals surface area contributed by atoms with Crippen LogP contribution in [0.25, 0.3) is 11.3 Å². The van der Waals surface area contributed by atoms with Gasteiger partial charge in [-0.1, -0.05) is 45.0 Å². The van der Waals surface area contributed by atoms with Gasteiger partial charge >= 0.3 is 0 Å². The molecule has 0 atom stereocenters. The Kier molecular flexibility index (Phi) is 4.34. The van der Waals surface area contributed by atoms with E-state index in [4.69, 9.17) is 0 Å². The van der Waals surface area contributed by atoms with Gasteiger partial charge in [-0.05, 0) is 41.7 Å². The number of benzene rings is 2. The number of fused-ring (bicyclic) bond motifs is 1. The minimum Gasteiger partial charge on any atom is -0.328 e. The number of nitrogens with one attached hydrogen (secondary N) is 1. The first kappa shape index (κ1) is 17.5. The van der Waals surface area contributed by atoms with Gasteiger partial charge in [-0.3, -0.25) is 4.79 Å². The molecule has 0 unspecified atom stereocenters.